The van der Waals surface area contributed by atoms with Gasteiger partial charge in [-0.25, -0.2) is 4.79 Å². The Kier molecular flexibility index (Phi) is 3.71. The van der Waals surface area contributed by atoms with E-state index in [4.69, 9.17) is 0 Å². The first-order valence-corrected chi connectivity index (χ1v) is 5.50. The first-order chi connectivity index (χ1) is 7.84. The summed E-state index contributed by atoms with van der Waals surface area (Å²) in [4.78, 5) is 15.4. The number of carbonyl (C=O) groups is 1. The van der Waals surface area contributed by atoms with Gasteiger partial charge in [-0.2, -0.15) is 0 Å². The molecule has 5 heteroatoms. The third-order valence-electron chi connectivity index (χ3n) is 2.65. The highest BCUT2D eigenvalue weighted by atomic mass is 16.2. The van der Waals surface area contributed by atoms with Crippen molar-refractivity contribution < 1.29 is 4.79 Å². The van der Waals surface area contributed by atoms with Crippen LogP contribution in [0.25, 0.3) is 0 Å². The van der Waals surface area contributed by atoms with Gasteiger partial charge in [0.1, 0.15) is 0 Å². The molecule has 0 saturated carbocycles. The molecule has 2 amide bonds. The predicted octanol–water partition coefficient (Wildman–Crippen LogP) is 0.813. The molecule has 1 fully saturated rings. The van der Waals surface area contributed by atoms with Crippen LogP contribution in [0.1, 0.15) is 6.42 Å². The number of anilines is 1. The third-order valence-corrected chi connectivity index (χ3v) is 2.65. The Morgan fingerprint density at radius 3 is 3.00 bits per heavy atom. The van der Waals surface area contributed by atoms with Crippen molar-refractivity contribution in [3.63, 3.8) is 0 Å². The molecule has 1 saturated heterocycles. The number of nitrogens with zero attached hydrogens (tertiary/aromatic N) is 1. The van der Waals surface area contributed by atoms with Gasteiger partial charge in [-0.05, 0) is 37.6 Å². The van der Waals surface area contributed by atoms with E-state index in [0.29, 0.717) is 5.92 Å². The van der Waals surface area contributed by atoms with E-state index in [1.807, 2.05) is 0 Å². The van der Waals surface area contributed by atoms with Crippen molar-refractivity contribution in [3.05, 3.63) is 24.5 Å². The molecule has 1 aromatic rings. The SMILES string of the molecule is O=C(NCC1CCNC1)Nc1ccncc1. The monoisotopic (exact) mass is 220 g/mol. The van der Waals surface area contributed by atoms with Crippen molar-refractivity contribution in [3.8, 4) is 0 Å². The molecule has 1 aliphatic heterocycles. The number of hydrogen-bond donors (Lipinski definition) is 3. The Morgan fingerprint density at radius 1 is 1.50 bits per heavy atom. The van der Waals surface area contributed by atoms with Gasteiger partial charge in [0.15, 0.2) is 0 Å². The molecule has 5 nitrogen and oxygen atoms in total. The highest BCUT2D eigenvalue weighted by Gasteiger charge is 2.14. The zero-order valence-electron chi connectivity index (χ0n) is 9.07. The van der Waals surface area contributed by atoms with E-state index in [-0.39, 0.29) is 6.03 Å². The van der Waals surface area contributed by atoms with Gasteiger partial charge in [0, 0.05) is 24.6 Å². The second kappa shape index (κ2) is 5.46. The lowest BCUT2D eigenvalue weighted by Crippen LogP contribution is -2.33. The smallest absolute Gasteiger partial charge is 0.319 e. The minimum absolute atomic E-state index is 0.155. The molecule has 1 atom stereocenters. The minimum atomic E-state index is -0.155. The van der Waals surface area contributed by atoms with Crippen molar-refractivity contribution in [1.29, 1.82) is 0 Å². The molecule has 1 unspecified atom stereocenters. The number of rotatable bonds is 3. The highest BCUT2D eigenvalue weighted by molar-refractivity contribution is 5.89. The van der Waals surface area contributed by atoms with Gasteiger partial charge in [-0.1, -0.05) is 0 Å². The molecule has 0 radical (unpaired) electrons. The first-order valence-electron chi connectivity index (χ1n) is 5.50. The zero-order valence-corrected chi connectivity index (χ0v) is 9.07. The number of amides is 2. The lowest BCUT2D eigenvalue weighted by Gasteiger charge is -2.10. The van der Waals surface area contributed by atoms with Crippen LogP contribution in [0.5, 0.6) is 0 Å². The lowest BCUT2D eigenvalue weighted by molar-refractivity contribution is 0.250. The standard InChI is InChI=1S/C11H16N4O/c16-11(14-8-9-1-4-13-7-9)15-10-2-5-12-6-3-10/h2-3,5-6,9,13H,1,4,7-8H2,(H2,12,14,15,16). The van der Waals surface area contributed by atoms with Crippen molar-refractivity contribution in [1.82, 2.24) is 15.6 Å². The Balaban J connectivity index is 1.72. The Bertz CT molecular complexity index is 335. The summed E-state index contributed by atoms with van der Waals surface area (Å²) in [6, 6.07) is 3.37. The van der Waals surface area contributed by atoms with Crippen LogP contribution in [-0.2, 0) is 0 Å². The average Bonchev–Trinajstić information content (AvgIpc) is 2.81. The normalized spacial score (nSPS) is 19.4. The summed E-state index contributed by atoms with van der Waals surface area (Å²) < 4.78 is 0. The van der Waals surface area contributed by atoms with Crippen LogP contribution in [0, 0.1) is 5.92 Å². The number of urea groups is 1. The molecule has 0 aliphatic carbocycles. The second-order valence-corrected chi connectivity index (χ2v) is 3.93. The van der Waals surface area contributed by atoms with Crippen LogP contribution in [0.3, 0.4) is 0 Å². The molecular weight excluding hydrogens is 204 g/mol. The van der Waals surface area contributed by atoms with Crippen molar-refractivity contribution >= 4 is 11.7 Å². The molecule has 16 heavy (non-hydrogen) atoms. The topological polar surface area (TPSA) is 66.1 Å². The molecule has 0 bridgehead atoms. The summed E-state index contributed by atoms with van der Waals surface area (Å²) >= 11 is 0. The number of nitrogens with one attached hydrogen (secondary N) is 3. The molecule has 0 aromatic carbocycles. The molecule has 1 aromatic heterocycles. The van der Waals surface area contributed by atoms with Crippen LogP contribution in [0.15, 0.2) is 24.5 Å². The minimum Gasteiger partial charge on any atom is -0.338 e. The number of pyridine rings is 1. The van der Waals surface area contributed by atoms with Crippen LogP contribution >= 0.6 is 0 Å². The number of hydrogen-bond acceptors (Lipinski definition) is 3. The molecule has 1 aliphatic rings. The average molecular weight is 220 g/mol. The van der Waals surface area contributed by atoms with Gasteiger partial charge in [0.2, 0.25) is 0 Å². The summed E-state index contributed by atoms with van der Waals surface area (Å²) in [5.41, 5.74) is 0.761. The highest BCUT2D eigenvalue weighted by Crippen LogP contribution is 2.06. The van der Waals surface area contributed by atoms with Crippen LogP contribution in [0.4, 0.5) is 10.5 Å². The fourth-order valence-electron chi connectivity index (χ4n) is 1.74. The van der Waals surface area contributed by atoms with Gasteiger partial charge >= 0.3 is 6.03 Å². The van der Waals surface area contributed by atoms with E-state index in [1.54, 1.807) is 24.5 Å². The summed E-state index contributed by atoms with van der Waals surface area (Å²) in [5.74, 6) is 0.559. The maximum Gasteiger partial charge on any atom is 0.319 e. The predicted molar refractivity (Wildman–Crippen MR) is 62.2 cm³/mol. The van der Waals surface area contributed by atoms with Crippen molar-refractivity contribution in [2.45, 2.75) is 6.42 Å². The largest absolute Gasteiger partial charge is 0.338 e. The Labute approximate surface area is 94.6 Å². The second-order valence-electron chi connectivity index (χ2n) is 3.93. The van der Waals surface area contributed by atoms with E-state index in [2.05, 4.69) is 20.9 Å². The van der Waals surface area contributed by atoms with Gasteiger partial charge < -0.3 is 16.0 Å². The summed E-state index contributed by atoms with van der Waals surface area (Å²) in [7, 11) is 0. The lowest BCUT2D eigenvalue weighted by atomic mass is 10.1. The van der Waals surface area contributed by atoms with Gasteiger partial charge in [-0.3, -0.25) is 4.98 Å². The molecule has 0 spiro atoms. The maximum atomic E-state index is 11.5. The van der Waals surface area contributed by atoms with Crippen LogP contribution in [0.2, 0.25) is 0 Å². The first kappa shape index (κ1) is 10.9. The molecule has 2 rings (SSSR count). The number of aromatic nitrogens is 1. The Hall–Kier alpha value is -1.62. The van der Waals surface area contributed by atoms with E-state index < -0.39 is 0 Å². The summed E-state index contributed by atoms with van der Waals surface area (Å²) in [5, 5.41) is 8.88. The van der Waals surface area contributed by atoms with Crippen LogP contribution in [-0.4, -0.2) is 30.6 Å². The Morgan fingerprint density at radius 2 is 2.31 bits per heavy atom. The maximum absolute atomic E-state index is 11.5. The van der Waals surface area contributed by atoms with Gasteiger partial charge in [-0.15, -0.1) is 0 Å². The molecule has 2 heterocycles. The zero-order chi connectivity index (χ0) is 11.2. The third kappa shape index (κ3) is 3.20. The van der Waals surface area contributed by atoms with Crippen LogP contribution < -0.4 is 16.0 Å². The molecular formula is C11H16N4O. The van der Waals surface area contributed by atoms with E-state index in [1.165, 1.54) is 0 Å². The fraction of sp³-hybridized carbons (Fsp3) is 0.455. The fourth-order valence-corrected chi connectivity index (χ4v) is 1.74. The van der Waals surface area contributed by atoms with E-state index in [9.17, 15) is 4.79 Å². The quantitative estimate of drug-likeness (QED) is 0.706. The van der Waals surface area contributed by atoms with Gasteiger partial charge in [0.25, 0.3) is 0 Å². The van der Waals surface area contributed by atoms with Crippen molar-refractivity contribution in [2.75, 3.05) is 25.0 Å². The van der Waals surface area contributed by atoms with Gasteiger partial charge in [0.05, 0.1) is 0 Å². The van der Waals surface area contributed by atoms with Crippen molar-refractivity contribution in [2.24, 2.45) is 5.92 Å². The molecule has 86 valence electrons. The number of carbonyl (C=O) groups excluding carboxylic acids is 1. The van der Waals surface area contributed by atoms with E-state index in [0.717, 1.165) is 31.7 Å². The summed E-state index contributed by atoms with van der Waals surface area (Å²) in [6.07, 6.45) is 4.43. The summed E-state index contributed by atoms with van der Waals surface area (Å²) in [6.45, 7) is 2.78. The van der Waals surface area contributed by atoms with E-state index >= 15 is 0 Å². The molecule has 3 N–H and O–H groups in total.